The van der Waals surface area contributed by atoms with Crippen molar-refractivity contribution in [2.24, 2.45) is 5.84 Å². The second-order valence-corrected chi connectivity index (χ2v) is 8.59. The highest BCUT2D eigenvalue weighted by atomic mass is 79.9. The van der Waals surface area contributed by atoms with Crippen LogP contribution < -0.4 is 5.84 Å². The van der Waals surface area contributed by atoms with Crippen molar-refractivity contribution in [1.82, 2.24) is 14.0 Å². The molecule has 1 unspecified atom stereocenters. The SMILES string of the molecule is CN(N)S(=O)(=O)C1=CC([N+](=O)[O-])=C/C(=C\c2cnn3ccc(Br)cc23)C1F. The molecule has 0 spiro atoms. The molecule has 0 aromatic carbocycles. The molecule has 0 aliphatic heterocycles. The molecule has 9 nitrogen and oxygen atoms in total. The second-order valence-electron chi connectivity index (χ2n) is 5.68. The van der Waals surface area contributed by atoms with E-state index in [1.807, 2.05) is 0 Å². The third-order valence-corrected chi connectivity index (χ3v) is 6.04. The van der Waals surface area contributed by atoms with Gasteiger partial charge in [-0.1, -0.05) is 15.9 Å². The van der Waals surface area contributed by atoms with Crippen molar-refractivity contribution in [3.05, 3.63) is 73.0 Å². The standard InChI is InChI=1S/C15H13BrFN5O4S/c1-20(18)27(25,26)14-7-12(22(23)24)5-9(15(14)17)4-10-8-19-21-3-2-11(16)6-13(10)21/h2-8,15H,18H2,1H3/b9-4+. The minimum Gasteiger partial charge on any atom is -0.258 e. The number of alkyl halides is 1. The highest BCUT2D eigenvalue weighted by Crippen LogP contribution is 2.32. The number of hydrazine groups is 1. The van der Waals surface area contributed by atoms with Crippen LogP contribution in [0.1, 0.15) is 5.56 Å². The maximum Gasteiger partial charge on any atom is 0.270 e. The minimum absolute atomic E-state index is 0.195. The first-order chi connectivity index (χ1) is 12.6. The number of halogens is 2. The number of allylic oxidation sites excluding steroid dienone is 4. The molecule has 2 aromatic rings. The van der Waals surface area contributed by atoms with Crippen molar-refractivity contribution < 1.29 is 17.7 Å². The van der Waals surface area contributed by atoms with Crippen molar-refractivity contribution >= 4 is 37.5 Å². The minimum atomic E-state index is -4.39. The Bertz CT molecular complexity index is 1140. The van der Waals surface area contributed by atoms with E-state index in [0.29, 0.717) is 21.6 Å². The van der Waals surface area contributed by atoms with E-state index >= 15 is 0 Å². The van der Waals surface area contributed by atoms with Crippen molar-refractivity contribution in [1.29, 1.82) is 0 Å². The highest BCUT2D eigenvalue weighted by Gasteiger charge is 2.36. The number of hydrogen-bond acceptors (Lipinski definition) is 6. The maximum atomic E-state index is 15.0. The molecule has 0 radical (unpaired) electrons. The van der Waals surface area contributed by atoms with Crippen LogP contribution in [0.3, 0.4) is 0 Å². The summed E-state index contributed by atoms with van der Waals surface area (Å²) in [5.41, 5.74) is 0.315. The Kier molecular flexibility index (Phi) is 4.99. The number of aromatic nitrogens is 2. The van der Waals surface area contributed by atoms with Gasteiger partial charge in [0.15, 0.2) is 6.17 Å². The number of rotatable bonds is 4. The predicted molar refractivity (Wildman–Crippen MR) is 99.8 cm³/mol. The van der Waals surface area contributed by atoms with Crippen LogP contribution in [0.25, 0.3) is 11.6 Å². The number of nitrogens with zero attached hydrogens (tertiary/aromatic N) is 4. The summed E-state index contributed by atoms with van der Waals surface area (Å²) in [4.78, 5) is 9.60. The fourth-order valence-electron chi connectivity index (χ4n) is 2.53. The van der Waals surface area contributed by atoms with Crippen molar-refractivity contribution in [2.45, 2.75) is 6.17 Å². The fraction of sp³-hybridized carbons (Fsp3) is 0.133. The largest absolute Gasteiger partial charge is 0.270 e. The van der Waals surface area contributed by atoms with Gasteiger partial charge in [-0.25, -0.2) is 17.3 Å². The Hall–Kier alpha value is -2.41. The van der Waals surface area contributed by atoms with Gasteiger partial charge in [0.2, 0.25) is 0 Å². The lowest BCUT2D eigenvalue weighted by Crippen LogP contribution is -2.37. The molecule has 0 bridgehead atoms. The van der Waals surface area contributed by atoms with Gasteiger partial charge in [0.1, 0.15) is 4.91 Å². The Morgan fingerprint density at radius 2 is 2.19 bits per heavy atom. The van der Waals surface area contributed by atoms with Crippen LogP contribution in [0.4, 0.5) is 4.39 Å². The van der Waals surface area contributed by atoms with Gasteiger partial charge < -0.3 is 0 Å². The molecule has 3 rings (SSSR count). The van der Waals surface area contributed by atoms with E-state index in [-0.39, 0.29) is 5.57 Å². The molecule has 0 saturated heterocycles. The maximum absolute atomic E-state index is 15.0. The van der Waals surface area contributed by atoms with Crippen LogP contribution >= 0.6 is 15.9 Å². The molecule has 2 heterocycles. The van der Waals surface area contributed by atoms with Gasteiger partial charge in [-0.15, -0.1) is 4.41 Å². The van der Waals surface area contributed by atoms with E-state index in [1.165, 1.54) is 16.8 Å². The van der Waals surface area contributed by atoms with Gasteiger partial charge in [0, 0.05) is 35.4 Å². The average Bonchev–Trinajstić information content (AvgIpc) is 2.98. The molecule has 2 N–H and O–H groups in total. The number of hydrogen-bond donors (Lipinski definition) is 1. The first-order valence-electron chi connectivity index (χ1n) is 7.41. The molecule has 0 amide bonds. The van der Waals surface area contributed by atoms with E-state index in [2.05, 4.69) is 21.0 Å². The normalized spacial score (nSPS) is 19.4. The third-order valence-electron chi connectivity index (χ3n) is 3.87. The summed E-state index contributed by atoms with van der Waals surface area (Å²) in [6.07, 6.45) is 3.98. The number of nitrogens with two attached hydrogens (primary N) is 1. The Balaban J connectivity index is 2.17. The smallest absolute Gasteiger partial charge is 0.258 e. The van der Waals surface area contributed by atoms with Crippen LogP contribution in [0.15, 0.2) is 57.3 Å². The van der Waals surface area contributed by atoms with E-state index in [9.17, 15) is 22.9 Å². The van der Waals surface area contributed by atoms with Gasteiger partial charge >= 0.3 is 0 Å². The molecule has 1 atom stereocenters. The Morgan fingerprint density at radius 1 is 1.48 bits per heavy atom. The van der Waals surface area contributed by atoms with Crippen molar-refractivity contribution in [3.8, 4) is 0 Å². The lowest BCUT2D eigenvalue weighted by Gasteiger charge is -2.20. The fourth-order valence-corrected chi connectivity index (χ4v) is 3.86. The zero-order valence-electron chi connectivity index (χ0n) is 13.8. The Labute approximate surface area is 161 Å². The van der Waals surface area contributed by atoms with E-state index in [0.717, 1.165) is 17.6 Å². The predicted octanol–water partition coefficient (Wildman–Crippen LogP) is 2.01. The number of sulfonamides is 1. The van der Waals surface area contributed by atoms with Crippen LogP contribution in [0.5, 0.6) is 0 Å². The van der Waals surface area contributed by atoms with Crippen molar-refractivity contribution in [2.75, 3.05) is 7.05 Å². The quantitative estimate of drug-likeness (QED) is 0.425. The molecule has 0 saturated carbocycles. The molecule has 2 aromatic heterocycles. The van der Waals surface area contributed by atoms with E-state index < -0.39 is 31.7 Å². The zero-order valence-corrected chi connectivity index (χ0v) is 16.2. The number of pyridine rings is 1. The molecule has 142 valence electrons. The van der Waals surface area contributed by atoms with Gasteiger partial charge in [-0.3, -0.25) is 16.0 Å². The summed E-state index contributed by atoms with van der Waals surface area (Å²) in [5.74, 6) is 5.27. The molecule has 0 fully saturated rings. The van der Waals surface area contributed by atoms with Crippen LogP contribution in [-0.4, -0.2) is 40.6 Å². The monoisotopic (exact) mass is 457 g/mol. The van der Waals surface area contributed by atoms with Crippen molar-refractivity contribution in [3.63, 3.8) is 0 Å². The molecule has 27 heavy (non-hydrogen) atoms. The summed E-state index contributed by atoms with van der Waals surface area (Å²) < 4.78 is 42.1. The molecule has 12 heteroatoms. The first kappa shape index (κ1) is 19.4. The van der Waals surface area contributed by atoms with E-state index in [4.69, 9.17) is 5.84 Å². The van der Waals surface area contributed by atoms with Gasteiger partial charge in [-0.2, -0.15) is 5.10 Å². The average molecular weight is 458 g/mol. The number of fused-ring (bicyclic) bond motifs is 1. The molecule has 1 aliphatic rings. The lowest BCUT2D eigenvalue weighted by atomic mass is 10.0. The Morgan fingerprint density at radius 3 is 2.81 bits per heavy atom. The van der Waals surface area contributed by atoms with Crippen LogP contribution in [0, 0.1) is 10.1 Å². The zero-order chi connectivity index (χ0) is 19.9. The van der Waals surface area contributed by atoms with Gasteiger partial charge in [0.05, 0.1) is 16.6 Å². The van der Waals surface area contributed by atoms with Crippen LogP contribution in [-0.2, 0) is 10.0 Å². The highest BCUT2D eigenvalue weighted by molar-refractivity contribution is 9.10. The number of nitro groups is 1. The molecular formula is C15H13BrFN5O4S. The molecular weight excluding hydrogens is 445 g/mol. The second kappa shape index (κ2) is 6.96. The van der Waals surface area contributed by atoms with Gasteiger partial charge in [0.25, 0.3) is 15.7 Å². The first-order valence-corrected chi connectivity index (χ1v) is 9.64. The molecule has 1 aliphatic carbocycles. The lowest BCUT2D eigenvalue weighted by molar-refractivity contribution is -0.419. The third kappa shape index (κ3) is 3.56. The van der Waals surface area contributed by atoms with E-state index in [1.54, 1.807) is 18.3 Å². The van der Waals surface area contributed by atoms with Gasteiger partial charge in [-0.05, 0) is 23.8 Å². The summed E-state index contributed by atoms with van der Waals surface area (Å²) >= 11 is 3.32. The summed E-state index contributed by atoms with van der Waals surface area (Å²) in [5, 5.41) is 15.3. The summed E-state index contributed by atoms with van der Waals surface area (Å²) in [6.45, 7) is 0. The topological polar surface area (TPSA) is 124 Å². The van der Waals surface area contributed by atoms with Crippen LogP contribution in [0.2, 0.25) is 0 Å². The summed E-state index contributed by atoms with van der Waals surface area (Å²) in [6, 6.07) is 3.49. The summed E-state index contributed by atoms with van der Waals surface area (Å²) in [7, 11) is -3.38.